The predicted octanol–water partition coefficient (Wildman–Crippen LogP) is 14.4. The molecule has 0 aliphatic rings. The van der Waals surface area contributed by atoms with Gasteiger partial charge in [-0.25, -0.2) is 0 Å². The van der Waals surface area contributed by atoms with Gasteiger partial charge in [-0.05, 0) is 39.0 Å². The predicted molar refractivity (Wildman–Crippen MR) is 182 cm³/mol. The summed E-state index contributed by atoms with van der Waals surface area (Å²) in [7, 11) is 0. The molecule has 0 radical (unpaired) electrons. The molecule has 0 aromatic rings. The second-order valence-corrected chi connectivity index (χ2v) is 13.1. The van der Waals surface area contributed by atoms with E-state index in [1.165, 1.54) is 205 Å². The van der Waals surface area contributed by atoms with Gasteiger partial charge in [-0.2, -0.15) is 0 Å². The van der Waals surface area contributed by atoms with Crippen molar-refractivity contribution in [3.8, 4) is 0 Å². The number of unbranched alkanes of at least 4 members (excludes halogenated alkanes) is 31. The number of rotatable bonds is 35. The second-order valence-electron chi connectivity index (χ2n) is 13.1. The van der Waals surface area contributed by atoms with Gasteiger partial charge in [0.05, 0.1) is 0 Å². The Balaban J connectivity index is 3.06. The molecule has 1 heteroatoms. The first kappa shape index (κ1) is 39.4. The average molecular weight is 561 g/mol. The van der Waals surface area contributed by atoms with Gasteiger partial charge >= 0.3 is 0 Å². The minimum absolute atomic E-state index is 0.352. The quantitative estimate of drug-likeness (QED) is 0.0556. The molecule has 0 heterocycles. The molecule has 0 saturated carbocycles. The summed E-state index contributed by atoms with van der Waals surface area (Å²) < 4.78 is 0. The van der Waals surface area contributed by atoms with Gasteiger partial charge in [0.2, 0.25) is 0 Å². The summed E-state index contributed by atoms with van der Waals surface area (Å²) in [6, 6.07) is 0. The van der Waals surface area contributed by atoms with E-state index in [2.05, 4.69) is 19.1 Å². The maximum absolute atomic E-state index is 10.9. The summed E-state index contributed by atoms with van der Waals surface area (Å²) in [5.74, 6) is 0.352. The molecule has 0 aromatic carbocycles. The third-order valence-corrected chi connectivity index (χ3v) is 8.79. The highest BCUT2D eigenvalue weighted by atomic mass is 16.1. The van der Waals surface area contributed by atoms with E-state index in [1.54, 1.807) is 6.92 Å². The van der Waals surface area contributed by atoms with E-state index < -0.39 is 0 Å². The average Bonchev–Trinajstić information content (AvgIpc) is 2.95. The highest BCUT2D eigenvalue weighted by molar-refractivity contribution is 5.75. The standard InChI is InChI=1S/C39H76O/c1-3-4-5-6-7-8-9-10-11-12-13-14-15-16-17-18-19-20-21-22-23-24-25-26-27-28-29-30-31-32-33-34-35-36-37-38-39(2)40/h10-11H,3-9,12-38H2,1-2H3/b11-10-. The van der Waals surface area contributed by atoms with Gasteiger partial charge in [0.25, 0.3) is 0 Å². The largest absolute Gasteiger partial charge is 0.300 e. The van der Waals surface area contributed by atoms with Crippen molar-refractivity contribution in [2.75, 3.05) is 0 Å². The minimum Gasteiger partial charge on any atom is -0.300 e. The monoisotopic (exact) mass is 561 g/mol. The zero-order valence-corrected chi connectivity index (χ0v) is 28.1. The van der Waals surface area contributed by atoms with E-state index in [0.29, 0.717) is 5.78 Å². The molecular weight excluding hydrogens is 484 g/mol. The molecule has 0 atom stereocenters. The first-order valence-electron chi connectivity index (χ1n) is 18.9. The summed E-state index contributed by atoms with van der Waals surface area (Å²) in [5.41, 5.74) is 0. The fourth-order valence-corrected chi connectivity index (χ4v) is 5.98. The highest BCUT2D eigenvalue weighted by Gasteiger charge is 1.97. The van der Waals surface area contributed by atoms with Crippen LogP contribution in [0.2, 0.25) is 0 Å². The lowest BCUT2D eigenvalue weighted by molar-refractivity contribution is -0.117. The molecule has 0 fully saturated rings. The van der Waals surface area contributed by atoms with Crippen molar-refractivity contribution in [2.24, 2.45) is 0 Å². The fraction of sp³-hybridized carbons (Fsp3) is 0.923. The summed E-state index contributed by atoms with van der Waals surface area (Å²) in [6.07, 6.45) is 52.4. The van der Waals surface area contributed by atoms with Crippen LogP contribution in [0.25, 0.3) is 0 Å². The molecule has 238 valence electrons. The lowest BCUT2D eigenvalue weighted by Crippen LogP contribution is -1.89. The fourth-order valence-electron chi connectivity index (χ4n) is 5.98. The number of ketones is 1. The van der Waals surface area contributed by atoms with Crippen LogP contribution in [0, 0.1) is 0 Å². The summed E-state index contributed by atoms with van der Waals surface area (Å²) in [6.45, 7) is 4.01. The van der Waals surface area contributed by atoms with Gasteiger partial charge in [0.15, 0.2) is 0 Å². The smallest absolute Gasteiger partial charge is 0.129 e. The maximum Gasteiger partial charge on any atom is 0.129 e. The van der Waals surface area contributed by atoms with E-state index >= 15 is 0 Å². The number of hydrogen-bond donors (Lipinski definition) is 0. The van der Waals surface area contributed by atoms with Gasteiger partial charge < -0.3 is 4.79 Å². The third-order valence-electron chi connectivity index (χ3n) is 8.79. The van der Waals surface area contributed by atoms with E-state index in [9.17, 15) is 4.79 Å². The SMILES string of the molecule is CCCCCCCC/C=C\CCCCCCCCCCCCCCCCCCCCCCCCCCCC(C)=O. The Hall–Kier alpha value is -0.590. The number of hydrogen-bond acceptors (Lipinski definition) is 1. The second kappa shape index (κ2) is 36.4. The molecule has 0 rings (SSSR count). The Bertz CT molecular complexity index is 493. The van der Waals surface area contributed by atoms with Crippen LogP contribution >= 0.6 is 0 Å². The lowest BCUT2D eigenvalue weighted by Gasteiger charge is -2.04. The Kier molecular flexibility index (Phi) is 35.9. The molecular formula is C39H76O. The van der Waals surface area contributed by atoms with E-state index in [4.69, 9.17) is 0 Å². The molecule has 0 bridgehead atoms. The molecule has 0 spiro atoms. The van der Waals surface area contributed by atoms with Gasteiger partial charge in [-0.3, -0.25) is 0 Å². The van der Waals surface area contributed by atoms with Crippen LogP contribution in [0.3, 0.4) is 0 Å². The molecule has 0 saturated heterocycles. The Morgan fingerprint density at radius 2 is 0.575 bits per heavy atom. The molecule has 0 aliphatic heterocycles. The highest BCUT2D eigenvalue weighted by Crippen LogP contribution is 2.16. The van der Waals surface area contributed by atoms with Crippen LogP contribution < -0.4 is 0 Å². The Morgan fingerprint density at radius 3 is 0.825 bits per heavy atom. The van der Waals surface area contributed by atoms with E-state index in [-0.39, 0.29) is 0 Å². The third kappa shape index (κ3) is 37.4. The van der Waals surface area contributed by atoms with Crippen molar-refractivity contribution in [1.29, 1.82) is 0 Å². The molecule has 0 aliphatic carbocycles. The van der Waals surface area contributed by atoms with Gasteiger partial charge in [-0.1, -0.05) is 199 Å². The van der Waals surface area contributed by atoms with Crippen LogP contribution in [-0.4, -0.2) is 5.78 Å². The first-order chi connectivity index (χ1) is 19.8. The van der Waals surface area contributed by atoms with Crippen LogP contribution in [0.1, 0.15) is 232 Å². The van der Waals surface area contributed by atoms with Crippen LogP contribution in [0.5, 0.6) is 0 Å². The van der Waals surface area contributed by atoms with Crippen molar-refractivity contribution in [1.82, 2.24) is 0 Å². The van der Waals surface area contributed by atoms with Gasteiger partial charge in [-0.15, -0.1) is 0 Å². The van der Waals surface area contributed by atoms with Crippen molar-refractivity contribution < 1.29 is 4.79 Å². The Morgan fingerprint density at radius 1 is 0.350 bits per heavy atom. The van der Waals surface area contributed by atoms with Crippen LogP contribution in [-0.2, 0) is 4.79 Å². The molecule has 0 aromatic heterocycles. The summed E-state index contributed by atoms with van der Waals surface area (Å²) >= 11 is 0. The summed E-state index contributed by atoms with van der Waals surface area (Å²) in [5, 5.41) is 0. The van der Waals surface area contributed by atoms with Gasteiger partial charge in [0.1, 0.15) is 5.78 Å². The first-order valence-corrected chi connectivity index (χ1v) is 18.9. The topological polar surface area (TPSA) is 17.1 Å². The molecule has 0 unspecified atom stereocenters. The number of carbonyl (C=O) groups excluding carboxylic acids is 1. The maximum atomic E-state index is 10.9. The van der Waals surface area contributed by atoms with E-state index in [1.807, 2.05) is 0 Å². The number of carbonyl (C=O) groups is 1. The lowest BCUT2D eigenvalue weighted by atomic mass is 10.0. The zero-order valence-electron chi connectivity index (χ0n) is 28.1. The van der Waals surface area contributed by atoms with E-state index in [0.717, 1.165) is 12.8 Å². The molecule has 0 N–H and O–H groups in total. The van der Waals surface area contributed by atoms with Crippen LogP contribution in [0.4, 0.5) is 0 Å². The molecule has 1 nitrogen and oxygen atoms in total. The number of Topliss-reactive ketones (excluding diaryl/α,β-unsaturated/α-hetero) is 1. The van der Waals surface area contributed by atoms with Gasteiger partial charge in [0, 0.05) is 6.42 Å². The van der Waals surface area contributed by atoms with Crippen molar-refractivity contribution in [3.05, 3.63) is 12.2 Å². The number of allylic oxidation sites excluding steroid dienone is 2. The minimum atomic E-state index is 0.352. The van der Waals surface area contributed by atoms with Crippen molar-refractivity contribution in [2.45, 2.75) is 232 Å². The summed E-state index contributed by atoms with van der Waals surface area (Å²) in [4.78, 5) is 10.9. The normalized spacial score (nSPS) is 11.7. The Labute approximate surface area is 254 Å². The van der Waals surface area contributed by atoms with Crippen LogP contribution in [0.15, 0.2) is 12.2 Å². The molecule has 0 amide bonds. The van der Waals surface area contributed by atoms with Crippen molar-refractivity contribution in [3.63, 3.8) is 0 Å². The zero-order chi connectivity index (χ0) is 29.0. The molecule has 40 heavy (non-hydrogen) atoms. The van der Waals surface area contributed by atoms with Crippen molar-refractivity contribution >= 4 is 5.78 Å².